The van der Waals surface area contributed by atoms with Gasteiger partial charge in [-0.1, -0.05) is 47.6 Å². The first-order valence-electron chi connectivity index (χ1n) is 10.7. The average Bonchev–Trinajstić information content (AvgIpc) is 3.40. The van der Waals surface area contributed by atoms with Crippen molar-refractivity contribution in [2.75, 3.05) is 18.8 Å². The van der Waals surface area contributed by atoms with Crippen LogP contribution < -0.4 is 10.0 Å². The van der Waals surface area contributed by atoms with E-state index in [1.807, 2.05) is 30.3 Å². The maximum absolute atomic E-state index is 13.0. The van der Waals surface area contributed by atoms with Crippen molar-refractivity contribution in [2.45, 2.75) is 20.4 Å². The van der Waals surface area contributed by atoms with E-state index in [4.69, 9.17) is 8.94 Å². The van der Waals surface area contributed by atoms with Gasteiger partial charge < -0.3 is 14.3 Å². The fourth-order valence-corrected chi connectivity index (χ4v) is 4.02. The van der Waals surface area contributed by atoms with Crippen LogP contribution in [0.1, 0.15) is 27.6 Å². The lowest BCUT2D eigenvalue weighted by Gasteiger charge is -2.15. The highest BCUT2D eigenvalue weighted by molar-refractivity contribution is 7.90. The van der Waals surface area contributed by atoms with E-state index in [0.29, 0.717) is 39.7 Å². The number of hydrogen-bond acceptors (Lipinski definition) is 7. The Morgan fingerprint density at radius 3 is 2.40 bits per heavy atom. The van der Waals surface area contributed by atoms with Gasteiger partial charge in [-0.15, -0.1) is 0 Å². The van der Waals surface area contributed by atoms with Crippen LogP contribution in [-0.4, -0.2) is 42.9 Å². The van der Waals surface area contributed by atoms with Crippen molar-refractivity contribution in [2.24, 2.45) is 0 Å². The topological polar surface area (TPSA) is 131 Å². The highest BCUT2D eigenvalue weighted by Crippen LogP contribution is 2.30. The Hall–Kier alpha value is -3.96. The van der Waals surface area contributed by atoms with Gasteiger partial charge in [0.15, 0.2) is 0 Å². The number of aryl methyl sites for hydroxylation is 2. The summed E-state index contributed by atoms with van der Waals surface area (Å²) in [6, 6.07) is 16.1. The molecule has 2 aromatic carbocycles. The SMILES string of the molecule is Cc1oc(-c2ccccc2NS(=O)(=O)N(C)C)nc1CNC(=O)c1c(-c2ccccc2)noc1C. The third kappa shape index (κ3) is 5.10. The molecule has 0 fully saturated rings. The van der Waals surface area contributed by atoms with E-state index in [1.165, 1.54) is 14.1 Å². The highest BCUT2D eigenvalue weighted by atomic mass is 32.2. The summed E-state index contributed by atoms with van der Waals surface area (Å²) in [4.78, 5) is 17.5. The summed E-state index contributed by atoms with van der Waals surface area (Å²) in [5.74, 6) is 0.776. The summed E-state index contributed by atoms with van der Waals surface area (Å²) in [6.07, 6.45) is 0. The molecule has 4 rings (SSSR count). The summed E-state index contributed by atoms with van der Waals surface area (Å²) < 4.78 is 39.3. The monoisotopic (exact) mass is 495 g/mol. The Balaban J connectivity index is 1.55. The van der Waals surface area contributed by atoms with Crippen molar-refractivity contribution in [3.05, 3.63) is 77.4 Å². The number of anilines is 1. The summed E-state index contributed by atoms with van der Waals surface area (Å²) in [6.45, 7) is 3.50. The molecule has 11 heteroatoms. The molecule has 0 saturated carbocycles. The lowest BCUT2D eigenvalue weighted by molar-refractivity contribution is 0.0949. The van der Waals surface area contributed by atoms with Gasteiger partial charge in [-0.3, -0.25) is 9.52 Å². The molecule has 0 radical (unpaired) electrons. The molecule has 35 heavy (non-hydrogen) atoms. The first-order valence-corrected chi connectivity index (χ1v) is 12.2. The van der Waals surface area contributed by atoms with Gasteiger partial charge in [0, 0.05) is 19.7 Å². The molecule has 2 heterocycles. The Kier molecular flexibility index (Phi) is 6.72. The smallest absolute Gasteiger partial charge is 0.301 e. The molecule has 0 aliphatic rings. The largest absolute Gasteiger partial charge is 0.441 e. The van der Waals surface area contributed by atoms with Crippen LogP contribution in [0, 0.1) is 13.8 Å². The van der Waals surface area contributed by atoms with Crippen molar-refractivity contribution in [3.63, 3.8) is 0 Å². The summed E-state index contributed by atoms with van der Waals surface area (Å²) in [5.41, 5.74) is 2.88. The van der Waals surface area contributed by atoms with Crippen molar-refractivity contribution in [3.8, 4) is 22.7 Å². The Morgan fingerprint density at radius 2 is 1.69 bits per heavy atom. The highest BCUT2D eigenvalue weighted by Gasteiger charge is 2.23. The zero-order chi connectivity index (χ0) is 25.2. The van der Waals surface area contributed by atoms with Crippen molar-refractivity contribution in [1.82, 2.24) is 19.8 Å². The molecule has 0 aliphatic heterocycles. The molecule has 0 aliphatic carbocycles. The third-order valence-electron chi connectivity index (χ3n) is 5.32. The molecule has 182 valence electrons. The van der Waals surface area contributed by atoms with Gasteiger partial charge >= 0.3 is 10.2 Å². The van der Waals surface area contributed by atoms with Crippen LogP contribution in [0.3, 0.4) is 0 Å². The van der Waals surface area contributed by atoms with Crippen LogP contribution in [0.5, 0.6) is 0 Å². The van der Waals surface area contributed by atoms with Gasteiger partial charge in [0.05, 0.1) is 17.8 Å². The van der Waals surface area contributed by atoms with Gasteiger partial charge in [-0.2, -0.15) is 12.7 Å². The lowest BCUT2D eigenvalue weighted by atomic mass is 10.1. The molecule has 2 aromatic heterocycles. The average molecular weight is 496 g/mol. The van der Waals surface area contributed by atoms with Crippen molar-refractivity contribution < 1.29 is 22.2 Å². The minimum atomic E-state index is -3.72. The predicted molar refractivity (Wildman–Crippen MR) is 131 cm³/mol. The first kappa shape index (κ1) is 24.2. The van der Waals surface area contributed by atoms with Crippen LogP contribution >= 0.6 is 0 Å². The number of nitrogens with zero attached hydrogens (tertiary/aromatic N) is 3. The minimum absolute atomic E-state index is 0.0958. The summed E-state index contributed by atoms with van der Waals surface area (Å²) >= 11 is 0. The van der Waals surface area contributed by atoms with E-state index in [-0.39, 0.29) is 18.3 Å². The molecule has 2 N–H and O–H groups in total. The Labute approximate surface area is 203 Å². The maximum atomic E-state index is 13.0. The van der Waals surface area contributed by atoms with Crippen LogP contribution in [0.25, 0.3) is 22.7 Å². The fourth-order valence-electron chi connectivity index (χ4n) is 3.38. The zero-order valence-corrected chi connectivity index (χ0v) is 20.5. The van der Waals surface area contributed by atoms with E-state index in [9.17, 15) is 13.2 Å². The van der Waals surface area contributed by atoms with Crippen LogP contribution in [0.4, 0.5) is 5.69 Å². The number of nitrogens with one attached hydrogen (secondary N) is 2. The quantitative estimate of drug-likeness (QED) is 0.380. The maximum Gasteiger partial charge on any atom is 0.301 e. The second-order valence-corrected chi connectivity index (χ2v) is 9.85. The normalized spacial score (nSPS) is 11.6. The van der Waals surface area contributed by atoms with Gasteiger partial charge in [0.2, 0.25) is 5.89 Å². The van der Waals surface area contributed by atoms with E-state index in [2.05, 4.69) is 20.2 Å². The number of aromatic nitrogens is 2. The third-order valence-corrected chi connectivity index (χ3v) is 6.76. The Bertz CT molecular complexity index is 1460. The van der Waals surface area contributed by atoms with Gasteiger partial charge in [-0.25, -0.2) is 4.98 Å². The first-order chi connectivity index (χ1) is 16.7. The van der Waals surface area contributed by atoms with Gasteiger partial charge in [0.25, 0.3) is 5.91 Å². The second kappa shape index (κ2) is 9.72. The Morgan fingerprint density at radius 1 is 1.00 bits per heavy atom. The van der Waals surface area contributed by atoms with E-state index < -0.39 is 10.2 Å². The van der Waals surface area contributed by atoms with Gasteiger partial charge in [-0.05, 0) is 26.0 Å². The molecular formula is C24H25N5O5S. The second-order valence-electron chi connectivity index (χ2n) is 7.97. The molecular weight excluding hydrogens is 470 g/mol. The van der Waals surface area contributed by atoms with Crippen molar-refractivity contribution in [1.29, 1.82) is 0 Å². The minimum Gasteiger partial charge on any atom is -0.441 e. The molecule has 0 unspecified atom stereocenters. The predicted octanol–water partition coefficient (Wildman–Crippen LogP) is 3.76. The van der Waals surface area contributed by atoms with Crippen LogP contribution in [0.15, 0.2) is 63.5 Å². The fraction of sp³-hybridized carbons (Fsp3) is 0.208. The van der Waals surface area contributed by atoms with Crippen LogP contribution in [0.2, 0.25) is 0 Å². The number of para-hydroxylation sites is 1. The lowest BCUT2D eigenvalue weighted by Crippen LogP contribution is -2.29. The molecule has 0 atom stereocenters. The van der Waals surface area contributed by atoms with E-state index in [1.54, 1.807) is 38.1 Å². The molecule has 10 nitrogen and oxygen atoms in total. The molecule has 0 bridgehead atoms. The summed E-state index contributed by atoms with van der Waals surface area (Å²) in [7, 11) is -0.857. The molecule has 0 saturated heterocycles. The van der Waals surface area contributed by atoms with Crippen molar-refractivity contribution >= 4 is 21.8 Å². The number of amides is 1. The molecule has 1 amide bonds. The molecule has 0 spiro atoms. The number of benzene rings is 2. The number of rotatable bonds is 8. The zero-order valence-electron chi connectivity index (χ0n) is 19.7. The van der Waals surface area contributed by atoms with E-state index in [0.717, 1.165) is 9.87 Å². The van der Waals surface area contributed by atoms with Gasteiger partial charge in [0.1, 0.15) is 28.5 Å². The number of hydrogen-bond donors (Lipinski definition) is 2. The van der Waals surface area contributed by atoms with Crippen LogP contribution in [-0.2, 0) is 16.8 Å². The standard InChI is InChI=1S/C24H25N5O5S/c1-15-20(14-25-23(30)21-16(2)34-27-22(21)17-10-6-5-7-11-17)26-24(33-15)18-12-8-9-13-19(18)28-35(31,32)29(3)4/h5-13,28H,14H2,1-4H3,(H,25,30). The van der Waals surface area contributed by atoms with E-state index >= 15 is 0 Å². The number of carbonyl (C=O) groups is 1. The number of carbonyl (C=O) groups excluding carboxylic acids is 1. The molecule has 4 aromatic rings. The summed E-state index contributed by atoms with van der Waals surface area (Å²) in [5, 5.41) is 6.89. The number of oxazole rings is 1.